The zero-order valence-corrected chi connectivity index (χ0v) is 15.6. The Balaban J connectivity index is 1.74. The highest BCUT2D eigenvalue weighted by Gasteiger charge is 2.23. The van der Waals surface area contributed by atoms with Gasteiger partial charge < -0.3 is 4.90 Å². The third-order valence-corrected chi connectivity index (χ3v) is 5.92. The predicted molar refractivity (Wildman–Crippen MR) is 99.0 cm³/mol. The summed E-state index contributed by atoms with van der Waals surface area (Å²) in [4.78, 5) is 18.6. The van der Waals surface area contributed by atoms with Crippen LogP contribution in [0.15, 0.2) is 53.7 Å². The number of nitrogens with zero attached hydrogens (tertiary/aromatic N) is 2. The van der Waals surface area contributed by atoms with Crippen molar-refractivity contribution in [1.29, 1.82) is 0 Å². The van der Waals surface area contributed by atoms with Gasteiger partial charge >= 0.3 is 0 Å². The maximum atomic E-state index is 12.7. The standard InChI is InChI=1S/C19H23N3O3S/c1-15-5-4-10-22(14-15)19(23)17-7-2-8-18(11-17)26(24,25)21-13-16-6-3-9-20-12-16/h2-3,6-9,11-12,15,21H,4-5,10,13-14H2,1H3. The summed E-state index contributed by atoms with van der Waals surface area (Å²) in [7, 11) is -3.70. The average Bonchev–Trinajstić information content (AvgIpc) is 2.67. The summed E-state index contributed by atoms with van der Waals surface area (Å²) in [5.41, 5.74) is 1.17. The number of nitrogens with one attached hydrogen (secondary N) is 1. The molecule has 0 aliphatic carbocycles. The first kappa shape index (κ1) is 18.5. The summed E-state index contributed by atoms with van der Waals surface area (Å²) in [6.45, 7) is 3.72. The van der Waals surface area contributed by atoms with E-state index in [1.54, 1.807) is 36.7 Å². The Hall–Kier alpha value is -2.25. The molecule has 1 aliphatic rings. The molecule has 1 N–H and O–H groups in total. The lowest BCUT2D eigenvalue weighted by Gasteiger charge is -2.31. The van der Waals surface area contributed by atoms with Crippen LogP contribution in [0.3, 0.4) is 0 Å². The van der Waals surface area contributed by atoms with Crippen LogP contribution in [0.5, 0.6) is 0 Å². The van der Waals surface area contributed by atoms with Crippen molar-refractivity contribution < 1.29 is 13.2 Å². The van der Waals surface area contributed by atoms with Gasteiger partial charge in [-0.1, -0.05) is 19.1 Å². The van der Waals surface area contributed by atoms with E-state index >= 15 is 0 Å². The van der Waals surface area contributed by atoms with Crippen molar-refractivity contribution in [1.82, 2.24) is 14.6 Å². The third kappa shape index (κ3) is 4.47. The van der Waals surface area contributed by atoms with Gasteiger partial charge in [-0.2, -0.15) is 0 Å². The van der Waals surface area contributed by atoms with Gasteiger partial charge in [0.1, 0.15) is 0 Å². The number of carbonyl (C=O) groups is 1. The largest absolute Gasteiger partial charge is 0.338 e. The van der Waals surface area contributed by atoms with Crippen LogP contribution < -0.4 is 4.72 Å². The topological polar surface area (TPSA) is 79.4 Å². The molecule has 2 heterocycles. The average molecular weight is 373 g/mol. The van der Waals surface area contributed by atoms with Gasteiger partial charge in [0.05, 0.1) is 4.90 Å². The molecule has 138 valence electrons. The zero-order chi connectivity index (χ0) is 18.6. The SMILES string of the molecule is CC1CCCN(C(=O)c2cccc(S(=O)(=O)NCc3cccnc3)c2)C1. The lowest BCUT2D eigenvalue weighted by atomic mass is 9.99. The molecule has 1 atom stereocenters. The fraction of sp³-hybridized carbons (Fsp3) is 0.368. The van der Waals surface area contributed by atoms with Crippen LogP contribution in [-0.4, -0.2) is 37.3 Å². The second-order valence-electron chi connectivity index (χ2n) is 6.71. The number of hydrogen-bond donors (Lipinski definition) is 1. The number of hydrogen-bond acceptors (Lipinski definition) is 4. The summed E-state index contributed by atoms with van der Waals surface area (Å²) in [6.07, 6.45) is 5.35. The molecule has 2 aromatic rings. The first-order valence-electron chi connectivity index (χ1n) is 8.73. The molecule has 26 heavy (non-hydrogen) atoms. The van der Waals surface area contributed by atoms with E-state index < -0.39 is 10.0 Å². The van der Waals surface area contributed by atoms with E-state index in [1.807, 2.05) is 4.90 Å². The van der Waals surface area contributed by atoms with Crippen LogP contribution >= 0.6 is 0 Å². The van der Waals surface area contributed by atoms with Gasteiger partial charge in [0, 0.05) is 37.6 Å². The van der Waals surface area contributed by atoms with Crippen molar-refractivity contribution in [2.45, 2.75) is 31.2 Å². The molecular weight excluding hydrogens is 350 g/mol. The van der Waals surface area contributed by atoms with Crippen molar-refractivity contribution in [3.05, 3.63) is 59.9 Å². The number of pyridine rings is 1. The predicted octanol–water partition coefficient (Wildman–Crippen LogP) is 2.43. The number of carbonyl (C=O) groups excluding carboxylic acids is 1. The van der Waals surface area contributed by atoms with E-state index in [0.29, 0.717) is 11.5 Å². The van der Waals surface area contributed by atoms with E-state index in [9.17, 15) is 13.2 Å². The fourth-order valence-electron chi connectivity index (χ4n) is 3.12. The van der Waals surface area contributed by atoms with Gasteiger partial charge in [-0.15, -0.1) is 0 Å². The number of aromatic nitrogens is 1. The van der Waals surface area contributed by atoms with Crippen LogP contribution in [0.2, 0.25) is 0 Å². The van der Waals surface area contributed by atoms with Gasteiger partial charge in [-0.3, -0.25) is 9.78 Å². The van der Waals surface area contributed by atoms with Crippen molar-refractivity contribution in [2.75, 3.05) is 13.1 Å². The molecule has 6 nitrogen and oxygen atoms in total. The molecule has 3 rings (SSSR count). The van der Waals surface area contributed by atoms with Crippen LogP contribution in [0.25, 0.3) is 0 Å². The molecule has 1 aromatic carbocycles. The summed E-state index contributed by atoms with van der Waals surface area (Å²) >= 11 is 0. The summed E-state index contributed by atoms with van der Waals surface area (Å²) < 4.78 is 27.7. The summed E-state index contributed by atoms with van der Waals surface area (Å²) in [5.74, 6) is 0.363. The molecule has 1 aliphatic heterocycles. The van der Waals surface area contributed by atoms with E-state index in [-0.39, 0.29) is 17.3 Å². The Bertz CT molecular complexity index is 869. The monoisotopic (exact) mass is 373 g/mol. The number of benzene rings is 1. The molecule has 1 unspecified atom stereocenters. The molecule has 7 heteroatoms. The van der Waals surface area contributed by atoms with Gasteiger partial charge in [-0.25, -0.2) is 13.1 Å². The minimum Gasteiger partial charge on any atom is -0.338 e. The van der Waals surface area contributed by atoms with E-state index in [0.717, 1.165) is 31.5 Å². The summed E-state index contributed by atoms with van der Waals surface area (Å²) in [5, 5.41) is 0. The maximum absolute atomic E-state index is 12.7. The Morgan fingerprint density at radius 3 is 2.88 bits per heavy atom. The normalized spacial score (nSPS) is 17.9. The second kappa shape index (κ2) is 7.97. The fourth-order valence-corrected chi connectivity index (χ4v) is 4.18. The van der Waals surface area contributed by atoms with Crippen LogP contribution in [0, 0.1) is 5.92 Å². The van der Waals surface area contributed by atoms with Crippen molar-refractivity contribution in [3.63, 3.8) is 0 Å². The molecule has 0 radical (unpaired) electrons. The first-order valence-corrected chi connectivity index (χ1v) is 10.2. The lowest BCUT2D eigenvalue weighted by molar-refractivity contribution is 0.0683. The molecule has 1 amide bonds. The maximum Gasteiger partial charge on any atom is 0.253 e. The van der Waals surface area contributed by atoms with E-state index in [1.165, 1.54) is 12.1 Å². The van der Waals surface area contributed by atoms with E-state index in [4.69, 9.17) is 0 Å². The van der Waals surface area contributed by atoms with E-state index in [2.05, 4.69) is 16.6 Å². The molecule has 1 fully saturated rings. The number of likely N-dealkylation sites (tertiary alicyclic amines) is 1. The minimum atomic E-state index is -3.70. The van der Waals surface area contributed by atoms with Crippen LogP contribution in [0.4, 0.5) is 0 Å². The minimum absolute atomic E-state index is 0.0947. The quantitative estimate of drug-likeness (QED) is 0.873. The lowest BCUT2D eigenvalue weighted by Crippen LogP contribution is -2.39. The van der Waals surface area contributed by atoms with Gasteiger partial charge in [0.2, 0.25) is 10.0 Å². The van der Waals surface area contributed by atoms with Gasteiger partial charge in [-0.05, 0) is 48.6 Å². The van der Waals surface area contributed by atoms with Crippen molar-refractivity contribution in [2.24, 2.45) is 5.92 Å². The highest BCUT2D eigenvalue weighted by Crippen LogP contribution is 2.19. The Kier molecular flexibility index (Phi) is 5.68. The Morgan fingerprint density at radius 1 is 1.31 bits per heavy atom. The molecule has 0 bridgehead atoms. The smallest absolute Gasteiger partial charge is 0.253 e. The highest BCUT2D eigenvalue weighted by atomic mass is 32.2. The van der Waals surface area contributed by atoms with Gasteiger partial charge in [0.15, 0.2) is 0 Å². The number of piperidine rings is 1. The molecular formula is C19H23N3O3S. The zero-order valence-electron chi connectivity index (χ0n) is 14.8. The van der Waals surface area contributed by atoms with Gasteiger partial charge in [0.25, 0.3) is 5.91 Å². The molecule has 0 spiro atoms. The Labute approximate surface area is 154 Å². The van der Waals surface area contributed by atoms with Crippen molar-refractivity contribution in [3.8, 4) is 0 Å². The first-order chi connectivity index (χ1) is 12.5. The molecule has 1 saturated heterocycles. The number of sulfonamides is 1. The Morgan fingerprint density at radius 2 is 2.15 bits per heavy atom. The number of rotatable bonds is 5. The number of amides is 1. The van der Waals surface area contributed by atoms with Crippen LogP contribution in [0.1, 0.15) is 35.7 Å². The second-order valence-corrected chi connectivity index (χ2v) is 8.48. The third-order valence-electron chi connectivity index (χ3n) is 4.52. The molecule has 0 saturated carbocycles. The molecule has 1 aromatic heterocycles. The van der Waals surface area contributed by atoms with Crippen LogP contribution in [-0.2, 0) is 16.6 Å². The highest BCUT2D eigenvalue weighted by molar-refractivity contribution is 7.89. The summed E-state index contributed by atoms with van der Waals surface area (Å²) in [6, 6.07) is 9.78. The van der Waals surface area contributed by atoms with Crippen molar-refractivity contribution >= 4 is 15.9 Å².